The Hall–Kier alpha value is -3.56. The Kier molecular flexibility index (Phi) is 6.89. The maximum atomic E-state index is 13.0. The number of carbonyl (C=O) groups excluding carboxylic acids is 1. The molecule has 0 saturated carbocycles. The van der Waals surface area contributed by atoms with Crippen molar-refractivity contribution in [3.63, 3.8) is 0 Å². The van der Waals surface area contributed by atoms with Crippen LogP contribution in [0.2, 0.25) is 0 Å². The number of methoxy groups -OCH3 is 2. The SMILES string of the molecule is COC(Cc1cccnc1)(OC)n1cncc(NC(=O)OCc2ccccc2)c1=O. The summed E-state index contributed by atoms with van der Waals surface area (Å²) >= 11 is 0. The highest BCUT2D eigenvalue weighted by molar-refractivity contribution is 5.83. The monoisotopic (exact) mass is 410 g/mol. The summed E-state index contributed by atoms with van der Waals surface area (Å²) in [7, 11) is 2.83. The van der Waals surface area contributed by atoms with E-state index < -0.39 is 17.6 Å². The molecule has 0 aliphatic carbocycles. The molecule has 2 heterocycles. The van der Waals surface area contributed by atoms with E-state index in [2.05, 4.69) is 15.3 Å². The van der Waals surface area contributed by atoms with Gasteiger partial charge in [-0.15, -0.1) is 0 Å². The Bertz CT molecular complexity index is 1020. The van der Waals surface area contributed by atoms with Crippen molar-refractivity contribution in [1.82, 2.24) is 14.5 Å². The summed E-state index contributed by atoms with van der Waals surface area (Å²) in [5.41, 5.74) is 0.980. The van der Waals surface area contributed by atoms with Crippen LogP contribution < -0.4 is 10.9 Å². The zero-order valence-corrected chi connectivity index (χ0v) is 16.6. The lowest BCUT2D eigenvalue weighted by Gasteiger charge is -2.32. The van der Waals surface area contributed by atoms with Crippen molar-refractivity contribution in [3.8, 4) is 0 Å². The van der Waals surface area contributed by atoms with Crippen LogP contribution >= 0.6 is 0 Å². The van der Waals surface area contributed by atoms with Gasteiger partial charge in [0.1, 0.15) is 18.6 Å². The molecular formula is C21H22N4O5. The summed E-state index contributed by atoms with van der Waals surface area (Å²) < 4.78 is 17.4. The molecule has 1 aromatic carbocycles. The standard InChI is InChI=1S/C21H22N4O5/c1-28-21(29-2,11-17-9-6-10-22-12-17)25-15-23-13-18(19(25)26)24-20(27)30-14-16-7-4-3-5-8-16/h3-10,12-13,15H,11,14H2,1-2H3,(H,24,27). The summed E-state index contributed by atoms with van der Waals surface area (Å²) in [6, 6.07) is 12.8. The smallest absolute Gasteiger partial charge is 0.412 e. The maximum Gasteiger partial charge on any atom is 0.412 e. The minimum atomic E-state index is -1.47. The summed E-state index contributed by atoms with van der Waals surface area (Å²) in [5, 5.41) is 2.42. The molecule has 1 amide bonds. The van der Waals surface area contributed by atoms with E-state index in [1.165, 1.54) is 31.3 Å². The van der Waals surface area contributed by atoms with E-state index in [0.29, 0.717) is 0 Å². The van der Waals surface area contributed by atoms with Crippen LogP contribution in [0.5, 0.6) is 0 Å². The van der Waals surface area contributed by atoms with Crippen LogP contribution in [0.25, 0.3) is 0 Å². The van der Waals surface area contributed by atoms with Gasteiger partial charge in [-0.3, -0.25) is 15.1 Å². The first kappa shape index (κ1) is 21.2. The quantitative estimate of drug-likeness (QED) is 0.569. The molecule has 0 aliphatic heterocycles. The van der Waals surface area contributed by atoms with Gasteiger partial charge in [0, 0.05) is 33.0 Å². The van der Waals surface area contributed by atoms with Gasteiger partial charge >= 0.3 is 6.09 Å². The molecule has 3 rings (SSSR count). The molecule has 0 unspecified atom stereocenters. The summed E-state index contributed by atoms with van der Waals surface area (Å²) in [6.45, 7) is 0.0716. The first-order valence-corrected chi connectivity index (χ1v) is 9.12. The van der Waals surface area contributed by atoms with Gasteiger partial charge in [-0.05, 0) is 17.2 Å². The minimum Gasteiger partial charge on any atom is -0.444 e. The number of benzene rings is 1. The normalized spacial score (nSPS) is 11.1. The van der Waals surface area contributed by atoms with Crippen LogP contribution in [0.1, 0.15) is 11.1 Å². The lowest BCUT2D eigenvalue weighted by Crippen LogP contribution is -2.46. The molecule has 1 N–H and O–H groups in total. The fraction of sp³-hybridized carbons (Fsp3) is 0.238. The maximum absolute atomic E-state index is 13.0. The molecule has 3 aromatic rings. The number of nitrogens with one attached hydrogen (secondary N) is 1. The number of nitrogens with zero attached hydrogens (tertiary/aromatic N) is 3. The highest BCUT2D eigenvalue weighted by Crippen LogP contribution is 2.22. The molecule has 0 bridgehead atoms. The van der Waals surface area contributed by atoms with Crippen molar-refractivity contribution in [2.24, 2.45) is 0 Å². The molecule has 9 nitrogen and oxygen atoms in total. The zero-order valence-electron chi connectivity index (χ0n) is 16.6. The molecule has 0 radical (unpaired) electrons. The minimum absolute atomic E-state index is 0.0692. The number of anilines is 1. The third-order valence-electron chi connectivity index (χ3n) is 4.44. The van der Waals surface area contributed by atoms with Crippen LogP contribution in [-0.4, -0.2) is 34.8 Å². The predicted molar refractivity (Wildman–Crippen MR) is 109 cm³/mol. The lowest BCUT2D eigenvalue weighted by atomic mass is 10.1. The topological polar surface area (TPSA) is 105 Å². The number of hydrogen-bond donors (Lipinski definition) is 1. The van der Waals surface area contributed by atoms with E-state index in [-0.39, 0.29) is 18.7 Å². The summed E-state index contributed by atoms with van der Waals surface area (Å²) in [6.07, 6.45) is 5.23. The fourth-order valence-electron chi connectivity index (χ4n) is 2.88. The van der Waals surface area contributed by atoms with Crippen LogP contribution in [0.4, 0.5) is 10.5 Å². The van der Waals surface area contributed by atoms with Crippen LogP contribution in [0.15, 0.2) is 72.2 Å². The first-order valence-electron chi connectivity index (χ1n) is 9.12. The van der Waals surface area contributed by atoms with Crippen molar-refractivity contribution < 1.29 is 19.0 Å². The van der Waals surface area contributed by atoms with Gasteiger partial charge in [-0.25, -0.2) is 14.3 Å². The average molecular weight is 410 g/mol. The fourth-order valence-corrected chi connectivity index (χ4v) is 2.88. The Labute approximate surface area is 173 Å². The van der Waals surface area contributed by atoms with Crippen LogP contribution in [0, 0.1) is 0 Å². The molecule has 0 fully saturated rings. The average Bonchev–Trinajstić information content (AvgIpc) is 2.79. The molecule has 0 spiro atoms. The number of amides is 1. The zero-order chi connectivity index (χ0) is 21.4. The third kappa shape index (κ3) is 4.88. The van der Waals surface area contributed by atoms with Crippen LogP contribution in [0.3, 0.4) is 0 Å². The molecular weight excluding hydrogens is 388 g/mol. The lowest BCUT2D eigenvalue weighted by molar-refractivity contribution is -0.269. The number of rotatable bonds is 8. The van der Waals surface area contributed by atoms with E-state index in [1.54, 1.807) is 18.5 Å². The Morgan fingerprint density at radius 1 is 1.03 bits per heavy atom. The van der Waals surface area contributed by atoms with E-state index in [4.69, 9.17) is 14.2 Å². The molecule has 0 saturated heterocycles. The number of pyridine rings is 1. The van der Waals surface area contributed by atoms with E-state index in [0.717, 1.165) is 11.1 Å². The number of aromatic nitrogens is 3. The summed E-state index contributed by atoms with van der Waals surface area (Å²) in [4.78, 5) is 33.3. The largest absolute Gasteiger partial charge is 0.444 e. The second kappa shape index (κ2) is 9.77. The number of carbonyl (C=O) groups is 1. The van der Waals surface area contributed by atoms with Crippen molar-refractivity contribution in [2.45, 2.75) is 18.9 Å². The molecule has 0 aliphatic rings. The number of ether oxygens (including phenoxy) is 3. The van der Waals surface area contributed by atoms with E-state index in [9.17, 15) is 9.59 Å². The highest BCUT2D eigenvalue weighted by atomic mass is 16.7. The van der Waals surface area contributed by atoms with Gasteiger partial charge in [-0.1, -0.05) is 36.4 Å². The first-order chi connectivity index (χ1) is 14.6. The van der Waals surface area contributed by atoms with Crippen molar-refractivity contribution in [3.05, 3.63) is 88.9 Å². The van der Waals surface area contributed by atoms with Gasteiger partial charge in [0.05, 0.1) is 6.20 Å². The van der Waals surface area contributed by atoms with E-state index in [1.807, 2.05) is 36.4 Å². The van der Waals surface area contributed by atoms with Gasteiger partial charge in [0.25, 0.3) is 11.5 Å². The molecule has 30 heavy (non-hydrogen) atoms. The Morgan fingerprint density at radius 3 is 2.43 bits per heavy atom. The molecule has 156 valence electrons. The van der Waals surface area contributed by atoms with Gasteiger partial charge < -0.3 is 14.2 Å². The van der Waals surface area contributed by atoms with E-state index >= 15 is 0 Å². The van der Waals surface area contributed by atoms with Crippen molar-refractivity contribution in [2.75, 3.05) is 19.5 Å². The number of hydrogen-bond acceptors (Lipinski definition) is 7. The van der Waals surface area contributed by atoms with Crippen molar-refractivity contribution >= 4 is 11.8 Å². The second-order valence-electron chi connectivity index (χ2n) is 6.33. The van der Waals surface area contributed by atoms with Crippen molar-refractivity contribution in [1.29, 1.82) is 0 Å². The third-order valence-corrected chi connectivity index (χ3v) is 4.44. The van der Waals surface area contributed by atoms with Gasteiger partial charge in [0.15, 0.2) is 0 Å². The molecule has 0 atom stereocenters. The Balaban J connectivity index is 1.80. The second-order valence-corrected chi connectivity index (χ2v) is 6.33. The molecule has 2 aromatic heterocycles. The highest BCUT2D eigenvalue weighted by Gasteiger charge is 2.34. The van der Waals surface area contributed by atoms with Crippen LogP contribution in [-0.2, 0) is 33.1 Å². The van der Waals surface area contributed by atoms with Gasteiger partial charge in [0.2, 0.25) is 0 Å². The predicted octanol–water partition coefficient (Wildman–Crippen LogP) is 2.53. The summed E-state index contributed by atoms with van der Waals surface area (Å²) in [5.74, 6) is -1.47. The molecule has 9 heteroatoms. The Morgan fingerprint density at radius 2 is 1.77 bits per heavy atom. The van der Waals surface area contributed by atoms with Gasteiger partial charge in [-0.2, -0.15) is 0 Å².